The molecule has 1 amide bonds. The van der Waals surface area contributed by atoms with Crippen LogP contribution in [0.25, 0.3) is 0 Å². The van der Waals surface area contributed by atoms with Crippen LogP contribution in [0, 0.1) is 5.95 Å². The number of aromatic nitrogens is 1. The molecule has 0 aliphatic heterocycles. The summed E-state index contributed by atoms with van der Waals surface area (Å²) in [6.45, 7) is -0.101. The fraction of sp³-hybridized carbons (Fsp3) is 0.333. The second kappa shape index (κ2) is 5.69. The standard InChI is InChI=1S/C9H12FN3O3S/c1-11-17(15,16)6-5-13-9(14)7-3-2-4-12-8(7)10/h2-4,11H,5-6H2,1H3,(H,13,14). The van der Waals surface area contributed by atoms with Gasteiger partial charge in [0.05, 0.1) is 11.3 Å². The third-order valence-corrected chi connectivity index (χ3v) is 3.33. The molecule has 0 saturated carbocycles. The van der Waals surface area contributed by atoms with Crippen molar-refractivity contribution in [3.63, 3.8) is 0 Å². The van der Waals surface area contributed by atoms with E-state index < -0.39 is 21.9 Å². The van der Waals surface area contributed by atoms with E-state index in [4.69, 9.17) is 0 Å². The third-order valence-electron chi connectivity index (χ3n) is 1.97. The second-order valence-corrected chi connectivity index (χ2v) is 5.17. The number of carbonyl (C=O) groups is 1. The first-order chi connectivity index (χ1) is 7.96. The van der Waals surface area contributed by atoms with Gasteiger partial charge in [-0.1, -0.05) is 0 Å². The molecule has 0 spiro atoms. The van der Waals surface area contributed by atoms with Crippen LogP contribution in [0.4, 0.5) is 4.39 Å². The van der Waals surface area contributed by atoms with E-state index in [9.17, 15) is 17.6 Å². The number of pyridine rings is 1. The fourth-order valence-electron chi connectivity index (χ4n) is 1.05. The van der Waals surface area contributed by atoms with E-state index in [1.165, 1.54) is 25.4 Å². The van der Waals surface area contributed by atoms with Crippen LogP contribution in [0.3, 0.4) is 0 Å². The summed E-state index contributed by atoms with van der Waals surface area (Å²) >= 11 is 0. The molecule has 0 aromatic carbocycles. The average Bonchev–Trinajstić information content (AvgIpc) is 2.29. The molecule has 0 radical (unpaired) electrons. The number of hydrogen-bond acceptors (Lipinski definition) is 4. The normalized spacial score (nSPS) is 11.2. The van der Waals surface area contributed by atoms with Gasteiger partial charge in [0.15, 0.2) is 0 Å². The van der Waals surface area contributed by atoms with Crippen LogP contribution in [0.1, 0.15) is 10.4 Å². The summed E-state index contributed by atoms with van der Waals surface area (Å²) in [6.07, 6.45) is 1.22. The summed E-state index contributed by atoms with van der Waals surface area (Å²) in [5.41, 5.74) is -0.214. The SMILES string of the molecule is CNS(=O)(=O)CCNC(=O)c1cccnc1F. The summed E-state index contributed by atoms with van der Waals surface area (Å²) in [7, 11) is -2.11. The maximum absolute atomic E-state index is 13.1. The van der Waals surface area contributed by atoms with Gasteiger partial charge in [0.25, 0.3) is 5.91 Å². The van der Waals surface area contributed by atoms with Crippen molar-refractivity contribution in [1.82, 2.24) is 15.0 Å². The van der Waals surface area contributed by atoms with Crippen LogP contribution < -0.4 is 10.0 Å². The molecule has 0 aliphatic rings. The average molecular weight is 261 g/mol. The first-order valence-corrected chi connectivity index (χ1v) is 6.41. The van der Waals surface area contributed by atoms with Crippen molar-refractivity contribution >= 4 is 15.9 Å². The van der Waals surface area contributed by atoms with E-state index in [1.807, 2.05) is 0 Å². The molecule has 0 fully saturated rings. The van der Waals surface area contributed by atoms with E-state index in [1.54, 1.807) is 0 Å². The van der Waals surface area contributed by atoms with Crippen molar-refractivity contribution in [2.75, 3.05) is 19.3 Å². The minimum Gasteiger partial charge on any atom is -0.351 e. The van der Waals surface area contributed by atoms with E-state index in [0.29, 0.717) is 0 Å². The van der Waals surface area contributed by atoms with Crippen molar-refractivity contribution in [1.29, 1.82) is 0 Å². The molecule has 1 rings (SSSR count). The number of nitrogens with zero attached hydrogens (tertiary/aromatic N) is 1. The molecule has 1 aromatic heterocycles. The zero-order valence-corrected chi connectivity index (χ0v) is 9.92. The van der Waals surface area contributed by atoms with Gasteiger partial charge < -0.3 is 5.32 Å². The van der Waals surface area contributed by atoms with E-state index in [-0.39, 0.29) is 17.9 Å². The molecule has 0 unspecified atom stereocenters. The van der Waals surface area contributed by atoms with Gasteiger partial charge >= 0.3 is 0 Å². The Morgan fingerprint density at radius 1 is 1.53 bits per heavy atom. The Hall–Kier alpha value is -1.54. The lowest BCUT2D eigenvalue weighted by Crippen LogP contribution is -2.33. The Labute approximate surface area is 98.3 Å². The number of amides is 1. The van der Waals surface area contributed by atoms with Gasteiger partial charge in [-0.15, -0.1) is 0 Å². The highest BCUT2D eigenvalue weighted by Crippen LogP contribution is 2.02. The smallest absolute Gasteiger partial charge is 0.255 e. The van der Waals surface area contributed by atoms with Crippen LogP contribution in [0.2, 0.25) is 0 Å². The molecule has 94 valence electrons. The Balaban J connectivity index is 2.55. The van der Waals surface area contributed by atoms with Crippen molar-refractivity contribution < 1.29 is 17.6 Å². The van der Waals surface area contributed by atoms with E-state index in [0.717, 1.165) is 0 Å². The molecule has 0 aliphatic carbocycles. The Morgan fingerprint density at radius 3 is 2.82 bits per heavy atom. The molecule has 17 heavy (non-hydrogen) atoms. The third kappa shape index (κ3) is 4.08. The molecule has 0 atom stereocenters. The van der Waals surface area contributed by atoms with Crippen LogP contribution in [-0.4, -0.2) is 38.7 Å². The number of rotatable bonds is 5. The monoisotopic (exact) mass is 261 g/mol. The van der Waals surface area contributed by atoms with Gasteiger partial charge in [-0.2, -0.15) is 4.39 Å². The minimum absolute atomic E-state index is 0.101. The number of hydrogen-bond donors (Lipinski definition) is 2. The summed E-state index contributed by atoms with van der Waals surface area (Å²) in [6, 6.07) is 2.69. The van der Waals surface area contributed by atoms with Crippen LogP contribution in [-0.2, 0) is 10.0 Å². The van der Waals surface area contributed by atoms with Gasteiger partial charge in [-0.05, 0) is 19.2 Å². The fourth-order valence-corrected chi connectivity index (χ4v) is 1.63. The van der Waals surface area contributed by atoms with Crippen molar-refractivity contribution in [2.45, 2.75) is 0 Å². The van der Waals surface area contributed by atoms with Crippen LogP contribution >= 0.6 is 0 Å². The van der Waals surface area contributed by atoms with Gasteiger partial charge in [0.1, 0.15) is 0 Å². The lowest BCUT2D eigenvalue weighted by Gasteiger charge is -2.05. The topological polar surface area (TPSA) is 88.2 Å². The van der Waals surface area contributed by atoms with E-state index >= 15 is 0 Å². The van der Waals surface area contributed by atoms with Gasteiger partial charge in [-0.25, -0.2) is 18.1 Å². The number of sulfonamides is 1. The molecule has 2 N–H and O–H groups in total. The maximum Gasteiger partial charge on any atom is 0.255 e. The molecule has 0 saturated heterocycles. The molecule has 0 bridgehead atoms. The highest BCUT2D eigenvalue weighted by molar-refractivity contribution is 7.89. The summed E-state index contributed by atoms with van der Waals surface area (Å²) < 4.78 is 37.2. The van der Waals surface area contributed by atoms with Gasteiger partial charge in [0.2, 0.25) is 16.0 Å². The maximum atomic E-state index is 13.1. The van der Waals surface area contributed by atoms with Gasteiger partial charge in [0, 0.05) is 12.7 Å². The highest BCUT2D eigenvalue weighted by Gasteiger charge is 2.13. The number of nitrogens with one attached hydrogen (secondary N) is 2. The summed E-state index contributed by atoms with van der Waals surface area (Å²) in [5, 5.41) is 2.29. The Kier molecular flexibility index (Phi) is 4.53. The first-order valence-electron chi connectivity index (χ1n) is 4.76. The van der Waals surface area contributed by atoms with Crippen molar-refractivity contribution in [3.05, 3.63) is 29.8 Å². The highest BCUT2D eigenvalue weighted by atomic mass is 32.2. The minimum atomic E-state index is -3.38. The largest absolute Gasteiger partial charge is 0.351 e. The molecular weight excluding hydrogens is 249 g/mol. The predicted octanol–water partition coefficient (Wildman–Crippen LogP) is -0.500. The number of halogens is 1. The lowest BCUT2D eigenvalue weighted by molar-refractivity contribution is 0.0951. The second-order valence-electron chi connectivity index (χ2n) is 3.12. The predicted molar refractivity (Wildman–Crippen MR) is 59.4 cm³/mol. The van der Waals surface area contributed by atoms with Gasteiger partial charge in [-0.3, -0.25) is 4.79 Å². The first kappa shape index (κ1) is 13.5. The van der Waals surface area contributed by atoms with Crippen LogP contribution in [0.15, 0.2) is 18.3 Å². The van der Waals surface area contributed by atoms with Crippen LogP contribution in [0.5, 0.6) is 0 Å². The van der Waals surface area contributed by atoms with E-state index in [2.05, 4.69) is 15.0 Å². The molecule has 8 heteroatoms. The Bertz CT molecular complexity index is 504. The van der Waals surface area contributed by atoms with Crippen molar-refractivity contribution in [3.8, 4) is 0 Å². The lowest BCUT2D eigenvalue weighted by atomic mass is 10.2. The summed E-state index contributed by atoms with van der Waals surface area (Å²) in [4.78, 5) is 14.7. The quantitative estimate of drug-likeness (QED) is 0.699. The molecule has 6 nitrogen and oxygen atoms in total. The zero-order valence-electron chi connectivity index (χ0n) is 9.10. The molecular formula is C9H12FN3O3S. The van der Waals surface area contributed by atoms with Crippen molar-refractivity contribution in [2.24, 2.45) is 0 Å². The zero-order chi connectivity index (χ0) is 12.9. The summed E-state index contributed by atoms with van der Waals surface area (Å²) in [5.74, 6) is -1.85. The molecule has 1 aromatic rings. The molecule has 1 heterocycles. The number of carbonyl (C=O) groups excluding carboxylic acids is 1. The Morgan fingerprint density at radius 2 is 2.24 bits per heavy atom.